The van der Waals surface area contributed by atoms with Crippen molar-refractivity contribution in [3.05, 3.63) is 0 Å². The molecule has 16 heavy (non-hydrogen) atoms. The van der Waals surface area contributed by atoms with E-state index in [9.17, 15) is 4.79 Å². The molecule has 0 saturated heterocycles. The smallest absolute Gasteiger partial charge is 0.132 e. The predicted molar refractivity (Wildman–Crippen MR) is 71.7 cm³/mol. The van der Waals surface area contributed by atoms with Crippen molar-refractivity contribution in [2.75, 3.05) is 0 Å². The molecule has 96 valence electrons. The van der Waals surface area contributed by atoms with Gasteiger partial charge in [-0.2, -0.15) is 0 Å². The Morgan fingerprint density at radius 2 is 1.44 bits per heavy atom. The summed E-state index contributed by atoms with van der Waals surface area (Å²) < 4.78 is 0. The molecule has 0 spiro atoms. The number of rotatable bonds is 11. The van der Waals surface area contributed by atoms with Crippen molar-refractivity contribution in [2.24, 2.45) is 5.92 Å². The monoisotopic (exact) mass is 226 g/mol. The molecule has 0 aliphatic rings. The zero-order chi connectivity index (χ0) is 12.2. The van der Waals surface area contributed by atoms with E-state index in [0.717, 1.165) is 31.6 Å². The molecule has 1 nitrogen and oxygen atoms in total. The molecule has 0 saturated carbocycles. The van der Waals surface area contributed by atoms with E-state index >= 15 is 0 Å². The quantitative estimate of drug-likeness (QED) is 0.446. The second kappa shape index (κ2) is 11.2. The van der Waals surface area contributed by atoms with Gasteiger partial charge in [-0.05, 0) is 18.8 Å². The van der Waals surface area contributed by atoms with E-state index in [1.165, 1.54) is 38.5 Å². The Morgan fingerprint density at radius 3 is 2.00 bits per heavy atom. The summed E-state index contributed by atoms with van der Waals surface area (Å²) in [4.78, 5) is 11.5. The van der Waals surface area contributed by atoms with Crippen LogP contribution in [0.5, 0.6) is 0 Å². The Balaban J connectivity index is 3.18. The van der Waals surface area contributed by atoms with Gasteiger partial charge in [0, 0.05) is 12.8 Å². The maximum Gasteiger partial charge on any atom is 0.132 e. The largest absolute Gasteiger partial charge is 0.300 e. The Bertz CT molecular complexity index is 161. The van der Waals surface area contributed by atoms with Crippen LogP contribution in [0.2, 0.25) is 0 Å². The van der Waals surface area contributed by atoms with Crippen molar-refractivity contribution in [2.45, 2.75) is 85.0 Å². The average Bonchev–Trinajstić information content (AvgIpc) is 2.24. The molecule has 0 atom stereocenters. The van der Waals surface area contributed by atoms with Gasteiger partial charge in [0.05, 0.1) is 0 Å². The highest BCUT2D eigenvalue weighted by atomic mass is 16.1. The summed E-state index contributed by atoms with van der Waals surface area (Å²) in [6.45, 7) is 6.71. The molecule has 0 aromatic heterocycles. The first kappa shape index (κ1) is 15.7. The maximum atomic E-state index is 11.5. The molecule has 0 unspecified atom stereocenters. The first-order valence-electron chi connectivity index (χ1n) is 7.18. The lowest BCUT2D eigenvalue weighted by molar-refractivity contribution is -0.119. The lowest BCUT2D eigenvalue weighted by Crippen LogP contribution is -1.98. The van der Waals surface area contributed by atoms with Crippen LogP contribution in [0.25, 0.3) is 0 Å². The topological polar surface area (TPSA) is 17.1 Å². The van der Waals surface area contributed by atoms with Gasteiger partial charge in [-0.15, -0.1) is 0 Å². The van der Waals surface area contributed by atoms with Gasteiger partial charge < -0.3 is 0 Å². The SMILES string of the molecule is CCCCCCCC(=O)CCCCC(C)C. The fourth-order valence-corrected chi connectivity index (χ4v) is 1.93. The van der Waals surface area contributed by atoms with Gasteiger partial charge >= 0.3 is 0 Å². The molecular formula is C15H30O. The Morgan fingerprint density at radius 1 is 0.875 bits per heavy atom. The molecule has 0 amide bonds. The van der Waals surface area contributed by atoms with Crippen molar-refractivity contribution in [3.63, 3.8) is 0 Å². The summed E-state index contributed by atoms with van der Waals surface area (Å²) in [5.41, 5.74) is 0. The number of hydrogen-bond donors (Lipinski definition) is 0. The summed E-state index contributed by atoms with van der Waals surface area (Å²) >= 11 is 0. The van der Waals surface area contributed by atoms with Crippen LogP contribution in [0.1, 0.15) is 85.0 Å². The van der Waals surface area contributed by atoms with Crippen LogP contribution in [-0.4, -0.2) is 5.78 Å². The van der Waals surface area contributed by atoms with Gasteiger partial charge in [-0.1, -0.05) is 59.3 Å². The van der Waals surface area contributed by atoms with Gasteiger partial charge in [0.2, 0.25) is 0 Å². The Hall–Kier alpha value is -0.330. The molecular weight excluding hydrogens is 196 g/mol. The highest BCUT2D eigenvalue weighted by Gasteiger charge is 2.02. The molecule has 0 aromatic rings. The van der Waals surface area contributed by atoms with Crippen LogP contribution < -0.4 is 0 Å². The van der Waals surface area contributed by atoms with E-state index in [4.69, 9.17) is 0 Å². The van der Waals surface area contributed by atoms with Crippen molar-refractivity contribution in [1.29, 1.82) is 0 Å². The number of ketones is 1. The summed E-state index contributed by atoms with van der Waals surface area (Å²) in [5, 5.41) is 0. The van der Waals surface area contributed by atoms with Gasteiger partial charge in [0.1, 0.15) is 5.78 Å². The van der Waals surface area contributed by atoms with Gasteiger partial charge in [-0.3, -0.25) is 4.79 Å². The first-order valence-corrected chi connectivity index (χ1v) is 7.18. The van der Waals surface area contributed by atoms with Gasteiger partial charge in [-0.25, -0.2) is 0 Å². The molecule has 0 aliphatic heterocycles. The number of carbonyl (C=O) groups excluding carboxylic acids is 1. The Labute approximate surface area is 102 Å². The molecule has 0 aromatic carbocycles. The number of Topliss-reactive ketones (excluding diaryl/α,β-unsaturated/α-hetero) is 1. The third-order valence-corrected chi connectivity index (χ3v) is 3.05. The van der Waals surface area contributed by atoms with Crippen LogP contribution in [0, 0.1) is 5.92 Å². The van der Waals surface area contributed by atoms with Crippen LogP contribution >= 0.6 is 0 Å². The van der Waals surface area contributed by atoms with Crippen LogP contribution in [-0.2, 0) is 4.79 Å². The van der Waals surface area contributed by atoms with E-state index in [2.05, 4.69) is 20.8 Å². The minimum Gasteiger partial charge on any atom is -0.300 e. The zero-order valence-corrected chi connectivity index (χ0v) is 11.6. The van der Waals surface area contributed by atoms with E-state index in [1.807, 2.05) is 0 Å². The third-order valence-electron chi connectivity index (χ3n) is 3.05. The molecule has 1 heteroatoms. The second-order valence-corrected chi connectivity index (χ2v) is 5.34. The minimum absolute atomic E-state index is 0.486. The standard InChI is InChI=1S/C15H30O/c1-4-5-6-7-8-12-15(16)13-10-9-11-14(2)3/h14H,4-13H2,1-3H3. The summed E-state index contributed by atoms with van der Waals surface area (Å²) in [6.07, 6.45) is 11.5. The lowest BCUT2D eigenvalue weighted by Gasteiger charge is -2.04. The zero-order valence-electron chi connectivity index (χ0n) is 11.6. The molecule has 0 bridgehead atoms. The summed E-state index contributed by atoms with van der Waals surface area (Å²) in [5.74, 6) is 1.27. The lowest BCUT2D eigenvalue weighted by atomic mass is 10.0. The minimum atomic E-state index is 0.486. The van der Waals surface area contributed by atoms with Crippen LogP contribution in [0.3, 0.4) is 0 Å². The normalized spacial score (nSPS) is 11.0. The van der Waals surface area contributed by atoms with Gasteiger partial charge in [0.25, 0.3) is 0 Å². The Kier molecular flexibility index (Phi) is 10.9. The highest BCUT2D eigenvalue weighted by Crippen LogP contribution is 2.11. The van der Waals surface area contributed by atoms with Gasteiger partial charge in [0.15, 0.2) is 0 Å². The maximum absolute atomic E-state index is 11.5. The average molecular weight is 226 g/mol. The van der Waals surface area contributed by atoms with Crippen LogP contribution in [0.15, 0.2) is 0 Å². The third kappa shape index (κ3) is 11.7. The fourth-order valence-electron chi connectivity index (χ4n) is 1.93. The summed E-state index contributed by atoms with van der Waals surface area (Å²) in [6, 6.07) is 0. The van der Waals surface area contributed by atoms with Crippen molar-refractivity contribution < 1.29 is 4.79 Å². The summed E-state index contributed by atoms with van der Waals surface area (Å²) in [7, 11) is 0. The number of carbonyl (C=O) groups is 1. The van der Waals surface area contributed by atoms with E-state index in [-0.39, 0.29) is 0 Å². The molecule has 0 rings (SSSR count). The van der Waals surface area contributed by atoms with Crippen LogP contribution in [0.4, 0.5) is 0 Å². The highest BCUT2D eigenvalue weighted by molar-refractivity contribution is 5.78. The molecule has 0 N–H and O–H groups in total. The van der Waals surface area contributed by atoms with E-state index in [0.29, 0.717) is 5.78 Å². The van der Waals surface area contributed by atoms with Crippen molar-refractivity contribution >= 4 is 5.78 Å². The first-order chi connectivity index (χ1) is 7.66. The number of unbranched alkanes of at least 4 members (excludes halogenated alkanes) is 5. The van der Waals surface area contributed by atoms with Crippen molar-refractivity contribution in [1.82, 2.24) is 0 Å². The predicted octanol–water partition coefficient (Wildman–Crippen LogP) is 5.13. The van der Waals surface area contributed by atoms with E-state index in [1.54, 1.807) is 0 Å². The molecule has 0 aliphatic carbocycles. The van der Waals surface area contributed by atoms with E-state index < -0.39 is 0 Å². The van der Waals surface area contributed by atoms with Crippen molar-refractivity contribution in [3.8, 4) is 0 Å². The molecule has 0 heterocycles. The number of hydrogen-bond acceptors (Lipinski definition) is 1. The molecule has 0 fully saturated rings. The second-order valence-electron chi connectivity index (χ2n) is 5.34. The fraction of sp³-hybridized carbons (Fsp3) is 0.933. The molecule has 0 radical (unpaired) electrons.